The maximum atomic E-state index is 13.1. The highest BCUT2D eigenvalue weighted by atomic mass is 35.5. The van der Waals surface area contributed by atoms with E-state index in [-0.39, 0.29) is 12.5 Å². The minimum Gasteiger partial charge on any atom is -0.495 e. The van der Waals surface area contributed by atoms with Gasteiger partial charge in [-0.1, -0.05) is 24.3 Å². The highest BCUT2D eigenvalue weighted by molar-refractivity contribution is 6.17. The maximum absolute atomic E-state index is 13.1. The fraction of sp³-hybridized carbons (Fsp3) is 0.316. The lowest BCUT2D eigenvalue weighted by molar-refractivity contribution is -0.0337. The van der Waals surface area contributed by atoms with Crippen LogP contribution >= 0.6 is 11.6 Å². The van der Waals surface area contributed by atoms with Gasteiger partial charge in [0.2, 0.25) is 0 Å². The fourth-order valence-corrected chi connectivity index (χ4v) is 2.88. The number of halogens is 1. The molecule has 1 fully saturated rings. The molecule has 5 nitrogen and oxygen atoms in total. The van der Waals surface area contributed by atoms with E-state index in [2.05, 4.69) is 0 Å². The largest absolute Gasteiger partial charge is 0.495 e. The molecule has 0 atom stereocenters. The van der Waals surface area contributed by atoms with E-state index in [1.54, 1.807) is 24.1 Å². The molecule has 1 saturated heterocycles. The zero-order valence-electron chi connectivity index (χ0n) is 14.0. The summed E-state index contributed by atoms with van der Waals surface area (Å²) in [6.45, 7) is 1.35. The van der Waals surface area contributed by atoms with E-state index in [1.807, 2.05) is 36.4 Å². The van der Waals surface area contributed by atoms with Gasteiger partial charge in [-0.05, 0) is 29.8 Å². The summed E-state index contributed by atoms with van der Waals surface area (Å²) < 4.78 is 16.5. The number of para-hydroxylation sites is 2. The lowest BCUT2D eigenvalue weighted by atomic mass is 10.1. The van der Waals surface area contributed by atoms with Crippen LogP contribution < -0.4 is 9.64 Å². The summed E-state index contributed by atoms with van der Waals surface area (Å²) in [7, 11) is 1.58. The predicted molar refractivity (Wildman–Crippen MR) is 96.4 cm³/mol. The smallest absolute Gasteiger partial charge is 0.258 e. The van der Waals surface area contributed by atoms with Crippen LogP contribution in [0, 0.1) is 0 Å². The lowest BCUT2D eigenvalue weighted by Gasteiger charge is -2.26. The Morgan fingerprint density at radius 3 is 2.48 bits per heavy atom. The van der Waals surface area contributed by atoms with Crippen LogP contribution in [0.3, 0.4) is 0 Å². The number of rotatable bonds is 6. The van der Waals surface area contributed by atoms with Crippen LogP contribution in [0.5, 0.6) is 5.75 Å². The molecular formula is C19H20ClNO4. The van der Waals surface area contributed by atoms with Crippen molar-refractivity contribution < 1.29 is 19.0 Å². The van der Waals surface area contributed by atoms with Crippen LogP contribution in [-0.2, 0) is 15.4 Å². The molecule has 6 heteroatoms. The van der Waals surface area contributed by atoms with Crippen LogP contribution in [0.1, 0.15) is 15.9 Å². The van der Waals surface area contributed by atoms with E-state index in [0.717, 1.165) is 5.56 Å². The molecule has 25 heavy (non-hydrogen) atoms. The number of hydrogen-bond acceptors (Lipinski definition) is 4. The van der Waals surface area contributed by atoms with E-state index < -0.39 is 6.29 Å². The van der Waals surface area contributed by atoms with Gasteiger partial charge in [0.1, 0.15) is 5.75 Å². The average Bonchev–Trinajstić information content (AvgIpc) is 3.19. The van der Waals surface area contributed by atoms with Gasteiger partial charge in [0.25, 0.3) is 5.91 Å². The Labute approximate surface area is 152 Å². The summed E-state index contributed by atoms with van der Waals surface area (Å²) in [4.78, 5) is 14.8. The first-order chi connectivity index (χ1) is 12.2. The van der Waals surface area contributed by atoms with Crippen molar-refractivity contribution in [1.82, 2.24) is 0 Å². The molecule has 3 rings (SSSR count). The Bertz CT molecular complexity index is 714. The van der Waals surface area contributed by atoms with Crippen LogP contribution in [0.15, 0.2) is 48.5 Å². The highest BCUT2D eigenvalue weighted by Gasteiger charge is 2.27. The number of nitrogens with zero attached hydrogens (tertiary/aromatic N) is 1. The van der Waals surface area contributed by atoms with Crippen molar-refractivity contribution in [1.29, 1.82) is 0 Å². The standard InChI is InChI=1S/C19H20ClNO4/c1-23-17-5-3-2-4-16(17)21(13-18-24-10-11-25-18)19(22)15-8-6-14(12-20)7-9-15/h2-9,18H,10-13H2,1H3. The van der Waals surface area contributed by atoms with Crippen LogP contribution in [0.4, 0.5) is 5.69 Å². The normalized spacial score (nSPS) is 14.5. The zero-order chi connectivity index (χ0) is 17.6. The molecule has 1 aliphatic rings. The van der Waals surface area contributed by atoms with Gasteiger partial charge in [-0.25, -0.2) is 0 Å². The minimum atomic E-state index is -0.448. The van der Waals surface area contributed by atoms with Gasteiger partial charge in [-0.3, -0.25) is 9.69 Å². The summed E-state index contributed by atoms with van der Waals surface area (Å²) in [6, 6.07) is 14.7. The van der Waals surface area contributed by atoms with Gasteiger partial charge >= 0.3 is 0 Å². The van der Waals surface area contributed by atoms with Gasteiger partial charge in [-0.15, -0.1) is 11.6 Å². The van der Waals surface area contributed by atoms with E-state index in [1.165, 1.54) is 0 Å². The van der Waals surface area contributed by atoms with Gasteiger partial charge in [-0.2, -0.15) is 0 Å². The third-order valence-electron chi connectivity index (χ3n) is 4.00. The first kappa shape index (κ1) is 17.7. The molecule has 0 N–H and O–H groups in total. The van der Waals surface area contributed by atoms with E-state index in [4.69, 9.17) is 25.8 Å². The fourth-order valence-electron chi connectivity index (χ4n) is 2.70. The number of ether oxygens (including phenoxy) is 3. The third-order valence-corrected chi connectivity index (χ3v) is 4.31. The number of amides is 1. The van der Waals surface area contributed by atoms with Crippen molar-refractivity contribution in [2.75, 3.05) is 31.8 Å². The van der Waals surface area contributed by atoms with Crippen LogP contribution in [0.25, 0.3) is 0 Å². The van der Waals surface area contributed by atoms with E-state index in [0.29, 0.717) is 36.1 Å². The number of methoxy groups -OCH3 is 1. The van der Waals surface area contributed by atoms with Gasteiger partial charge in [0.15, 0.2) is 6.29 Å². The molecule has 0 aliphatic carbocycles. The maximum Gasteiger partial charge on any atom is 0.258 e. The van der Waals surface area contributed by atoms with Crippen molar-refractivity contribution >= 4 is 23.2 Å². The van der Waals surface area contributed by atoms with Crippen LogP contribution in [0.2, 0.25) is 0 Å². The molecule has 132 valence electrons. The summed E-state index contributed by atoms with van der Waals surface area (Å²) in [5.74, 6) is 0.880. The highest BCUT2D eigenvalue weighted by Crippen LogP contribution is 2.30. The quantitative estimate of drug-likeness (QED) is 0.739. The molecule has 0 bridgehead atoms. The number of anilines is 1. The number of hydrogen-bond donors (Lipinski definition) is 0. The molecule has 0 spiro atoms. The molecule has 0 radical (unpaired) electrons. The minimum absolute atomic E-state index is 0.148. The molecule has 0 saturated carbocycles. The van der Waals surface area contributed by atoms with Gasteiger partial charge < -0.3 is 14.2 Å². The summed E-state index contributed by atoms with van der Waals surface area (Å²) >= 11 is 5.83. The molecule has 2 aromatic carbocycles. The Morgan fingerprint density at radius 1 is 1.16 bits per heavy atom. The van der Waals surface area contributed by atoms with E-state index >= 15 is 0 Å². The number of carbonyl (C=O) groups excluding carboxylic acids is 1. The second-order valence-electron chi connectivity index (χ2n) is 5.59. The summed E-state index contributed by atoms with van der Waals surface area (Å²) in [5, 5.41) is 0. The monoisotopic (exact) mass is 361 g/mol. The Morgan fingerprint density at radius 2 is 1.84 bits per heavy atom. The second kappa shape index (κ2) is 8.34. The van der Waals surface area contributed by atoms with Crippen molar-refractivity contribution in [3.63, 3.8) is 0 Å². The Kier molecular flexibility index (Phi) is 5.91. The van der Waals surface area contributed by atoms with Crippen molar-refractivity contribution in [3.8, 4) is 5.75 Å². The molecular weight excluding hydrogens is 342 g/mol. The number of carbonyl (C=O) groups is 1. The molecule has 0 aromatic heterocycles. The van der Waals surface area contributed by atoms with Gasteiger partial charge in [0.05, 0.1) is 32.6 Å². The van der Waals surface area contributed by atoms with Crippen LogP contribution in [-0.4, -0.2) is 39.1 Å². The third kappa shape index (κ3) is 4.12. The Balaban J connectivity index is 1.92. The molecule has 2 aromatic rings. The SMILES string of the molecule is COc1ccccc1N(CC1OCCO1)C(=O)c1ccc(CCl)cc1. The molecule has 1 amide bonds. The number of alkyl halides is 1. The second-order valence-corrected chi connectivity index (χ2v) is 5.86. The zero-order valence-corrected chi connectivity index (χ0v) is 14.7. The molecule has 1 heterocycles. The van der Waals surface area contributed by atoms with E-state index in [9.17, 15) is 4.79 Å². The predicted octanol–water partition coefficient (Wildman–Crippen LogP) is 3.45. The Hall–Kier alpha value is -2.08. The van der Waals surface area contributed by atoms with Crippen molar-refractivity contribution in [3.05, 3.63) is 59.7 Å². The summed E-state index contributed by atoms with van der Waals surface area (Å²) in [6.07, 6.45) is -0.448. The van der Waals surface area contributed by atoms with Gasteiger partial charge in [0, 0.05) is 11.4 Å². The number of benzene rings is 2. The molecule has 1 aliphatic heterocycles. The molecule has 0 unspecified atom stereocenters. The summed E-state index contributed by atoms with van der Waals surface area (Å²) in [5.41, 5.74) is 2.21. The first-order valence-electron chi connectivity index (χ1n) is 8.06. The topological polar surface area (TPSA) is 48.0 Å². The lowest BCUT2D eigenvalue weighted by Crippen LogP contribution is -2.38. The average molecular weight is 362 g/mol. The van der Waals surface area contributed by atoms with Crippen molar-refractivity contribution in [2.45, 2.75) is 12.2 Å². The first-order valence-corrected chi connectivity index (χ1v) is 8.59. The van der Waals surface area contributed by atoms with Crippen molar-refractivity contribution in [2.24, 2.45) is 0 Å².